The second-order valence-electron chi connectivity index (χ2n) is 7.34. The first kappa shape index (κ1) is 20.1. The molecule has 0 aromatic heterocycles. The largest absolute Gasteiger partial charge is 0.423 e. The van der Waals surface area contributed by atoms with Gasteiger partial charge in [0.05, 0.1) is 16.6 Å². The molecule has 0 saturated heterocycles. The average molecular weight is 416 g/mol. The Morgan fingerprint density at radius 2 is 1.50 bits per heavy atom. The summed E-state index contributed by atoms with van der Waals surface area (Å²) in [6.07, 6.45) is 0. The lowest BCUT2D eigenvalue weighted by Gasteiger charge is -2.28. The van der Waals surface area contributed by atoms with Crippen LogP contribution in [0.1, 0.15) is 27.5 Å². The van der Waals surface area contributed by atoms with Crippen LogP contribution in [-0.4, -0.2) is 25.0 Å². The summed E-state index contributed by atoms with van der Waals surface area (Å²) in [6, 6.07) is 29.0. The molecular formula is C26H22ClNO2. The molecule has 0 saturated carbocycles. The minimum atomic E-state index is -0.470. The summed E-state index contributed by atoms with van der Waals surface area (Å²) in [6.45, 7) is 0. The molecule has 4 aromatic carbocycles. The van der Waals surface area contributed by atoms with Crippen LogP contribution in [0.3, 0.4) is 0 Å². The first-order chi connectivity index (χ1) is 14.6. The molecule has 0 radical (unpaired) electrons. The summed E-state index contributed by atoms with van der Waals surface area (Å²) >= 11 is 6.22. The Bertz CT molecular complexity index is 1190. The Morgan fingerprint density at radius 3 is 2.23 bits per heavy atom. The highest BCUT2D eigenvalue weighted by Crippen LogP contribution is 2.39. The van der Waals surface area contributed by atoms with Gasteiger partial charge in [-0.05, 0) is 48.6 Å². The maximum absolute atomic E-state index is 12.9. The van der Waals surface area contributed by atoms with Gasteiger partial charge in [0.1, 0.15) is 5.75 Å². The Hall–Kier alpha value is -3.14. The highest BCUT2D eigenvalue weighted by molar-refractivity contribution is 6.33. The standard InChI is InChI=1S/C26H22ClNO2/c1-28(2)25(19-11-4-3-5-12-19)24-20-13-7-6-10-18(20)16-17-23(24)30-26(29)21-14-8-9-15-22(21)27/h3-17,25H,1-2H3. The van der Waals surface area contributed by atoms with Crippen molar-refractivity contribution < 1.29 is 9.53 Å². The van der Waals surface area contributed by atoms with Gasteiger partial charge < -0.3 is 4.74 Å². The van der Waals surface area contributed by atoms with E-state index < -0.39 is 5.97 Å². The second kappa shape index (κ2) is 8.70. The minimum absolute atomic E-state index is 0.0913. The molecule has 0 heterocycles. The normalized spacial score (nSPS) is 12.1. The van der Waals surface area contributed by atoms with Crippen molar-refractivity contribution in [1.82, 2.24) is 4.90 Å². The lowest BCUT2D eigenvalue weighted by molar-refractivity contribution is 0.0732. The van der Waals surface area contributed by atoms with Crippen LogP contribution < -0.4 is 4.74 Å². The smallest absolute Gasteiger partial charge is 0.345 e. The number of esters is 1. The molecule has 1 unspecified atom stereocenters. The molecule has 0 aliphatic rings. The van der Waals surface area contributed by atoms with Gasteiger partial charge in [-0.2, -0.15) is 0 Å². The number of fused-ring (bicyclic) bond motifs is 1. The van der Waals surface area contributed by atoms with Crippen LogP contribution in [0.25, 0.3) is 10.8 Å². The van der Waals surface area contributed by atoms with Gasteiger partial charge in [0, 0.05) is 5.56 Å². The van der Waals surface area contributed by atoms with E-state index >= 15 is 0 Å². The molecule has 150 valence electrons. The van der Waals surface area contributed by atoms with Crippen LogP contribution >= 0.6 is 11.6 Å². The second-order valence-corrected chi connectivity index (χ2v) is 7.75. The summed E-state index contributed by atoms with van der Waals surface area (Å²) in [7, 11) is 4.05. The number of hydrogen-bond acceptors (Lipinski definition) is 3. The summed E-state index contributed by atoms with van der Waals surface area (Å²) in [5.74, 6) is 0.0591. The summed E-state index contributed by atoms with van der Waals surface area (Å²) in [5.41, 5.74) is 2.41. The van der Waals surface area contributed by atoms with E-state index in [9.17, 15) is 4.79 Å². The van der Waals surface area contributed by atoms with Crippen molar-refractivity contribution in [2.45, 2.75) is 6.04 Å². The molecule has 0 N–H and O–H groups in total. The Balaban J connectivity index is 1.88. The predicted molar refractivity (Wildman–Crippen MR) is 122 cm³/mol. The topological polar surface area (TPSA) is 29.5 Å². The molecule has 4 aromatic rings. The third kappa shape index (κ3) is 3.95. The van der Waals surface area contributed by atoms with E-state index in [2.05, 4.69) is 29.2 Å². The van der Waals surface area contributed by atoms with Crippen molar-refractivity contribution in [3.8, 4) is 5.75 Å². The zero-order chi connectivity index (χ0) is 21.1. The van der Waals surface area contributed by atoms with E-state index in [1.165, 1.54) is 0 Å². The summed E-state index contributed by atoms with van der Waals surface area (Å²) in [4.78, 5) is 15.1. The maximum atomic E-state index is 12.9. The van der Waals surface area contributed by atoms with Crippen molar-refractivity contribution in [2.75, 3.05) is 14.1 Å². The maximum Gasteiger partial charge on any atom is 0.345 e. The number of halogens is 1. The number of hydrogen-bond donors (Lipinski definition) is 0. The quantitative estimate of drug-likeness (QED) is 0.280. The van der Waals surface area contributed by atoms with Crippen LogP contribution in [-0.2, 0) is 0 Å². The number of benzene rings is 4. The first-order valence-electron chi connectivity index (χ1n) is 9.76. The molecule has 0 aliphatic carbocycles. The van der Waals surface area contributed by atoms with Gasteiger partial charge in [-0.3, -0.25) is 4.90 Å². The molecule has 0 fully saturated rings. The fourth-order valence-electron chi connectivity index (χ4n) is 3.79. The Labute approximate surface area is 181 Å². The van der Waals surface area contributed by atoms with Gasteiger partial charge in [0.15, 0.2) is 0 Å². The van der Waals surface area contributed by atoms with E-state index in [-0.39, 0.29) is 6.04 Å². The van der Waals surface area contributed by atoms with Crippen molar-refractivity contribution in [3.63, 3.8) is 0 Å². The lowest BCUT2D eigenvalue weighted by Crippen LogP contribution is -2.23. The van der Waals surface area contributed by atoms with E-state index in [0.29, 0.717) is 16.3 Å². The molecule has 3 nitrogen and oxygen atoms in total. The monoisotopic (exact) mass is 415 g/mol. The summed E-state index contributed by atoms with van der Waals surface area (Å²) in [5, 5.41) is 2.51. The van der Waals surface area contributed by atoms with Gasteiger partial charge in [-0.25, -0.2) is 4.79 Å². The van der Waals surface area contributed by atoms with Crippen LogP contribution in [0.2, 0.25) is 5.02 Å². The number of nitrogens with zero attached hydrogens (tertiary/aromatic N) is 1. The van der Waals surface area contributed by atoms with Gasteiger partial charge >= 0.3 is 5.97 Å². The lowest BCUT2D eigenvalue weighted by atomic mass is 9.92. The molecule has 0 amide bonds. The summed E-state index contributed by atoms with van der Waals surface area (Å²) < 4.78 is 5.92. The van der Waals surface area contributed by atoms with Gasteiger partial charge in [0.2, 0.25) is 0 Å². The highest BCUT2D eigenvalue weighted by Gasteiger charge is 2.25. The Kier molecular flexibility index (Phi) is 5.84. The number of carbonyl (C=O) groups excluding carboxylic acids is 1. The third-order valence-corrected chi connectivity index (χ3v) is 5.46. The fraction of sp³-hybridized carbons (Fsp3) is 0.115. The molecule has 0 aliphatic heterocycles. The zero-order valence-corrected chi connectivity index (χ0v) is 17.6. The van der Waals surface area contributed by atoms with Crippen molar-refractivity contribution in [1.29, 1.82) is 0 Å². The van der Waals surface area contributed by atoms with Crippen molar-refractivity contribution in [3.05, 3.63) is 113 Å². The van der Waals surface area contributed by atoms with E-state index in [1.807, 2.05) is 56.6 Å². The molecule has 1 atom stereocenters. The van der Waals surface area contributed by atoms with Gasteiger partial charge in [0.25, 0.3) is 0 Å². The van der Waals surface area contributed by atoms with Crippen molar-refractivity contribution in [2.24, 2.45) is 0 Å². The fourth-order valence-corrected chi connectivity index (χ4v) is 4.00. The average Bonchev–Trinajstić information content (AvgIpc) is 2.76. The first-order valence-corrected chi connectivity index (χ1v) is 10.1. The molecule has 4 rings (SSSR count). The number of carbonyl (C=O) groups is 1. The van der Waals surface area contributed by atoms with Crippen LogP contribution in [0.15, 0.2) is 91.0 Å². The molecule has 0 bridgehead atoms. The number of rotatable bonds is 5. The van der Waals surface area contributed by atoms with Gasteiger partial charge in [-0.1, -0.05) is 84.4 Å². The van der Waals surface area contributed by atoms with Crippen LogP contribution in [0.5, 0.6) is 5.75 Å². The van der Waals surface area contributed by atoms with Gasteiger partial charge in [-0.15, -0.1) is 0 Å². The van der Waals surface area contributed by atoms with E-state index in [1.54, 1.807) is 24.3 Å². The zero-order valence-electron chi connectivity index (χ0n) is 16.9. The molecule has 4 heteroatoms. The predicted octanol–water partition coefficient (Wildman–Crippen LogP) is 6.36. The highest BCUT2D eigenvalue weighted by atomic mass is 35.5. The Morgan fingerprint density at radius 1 is 0.833 bits per heavy atom. The molecule has 0 spiro atoms. The minimum Gasteiger partial charge on any atom is -0.423 e. The van der Waals surface area contributed by atoms with Crippen molar-refractivity contribution >= 4 is 28.3 Å². The van der Waals surface area contributed by atoms with E-state index in [4.69, 9.17) is 16.3 Å². The van der Waals surface area contributed by atoms with E-state index in [0.717, 1.165) is 21.9 Å². The molecular weight excluding hydrogens is 394 g/mol. The number of ether oxygens (including phenoxy) is 1. The third-order valence-electron chi connectivity index (χ3n) is 5.13. The SMILES string of the molecule is CN(C)C(c1ccccc1)c1c(OC(=O)c2ccccc2Cl)ccc2ccccc12. The van der Waals surface area contributed by atoms with Crippen LogP contribution in [0.4, 0.5) is 0 Å². The molecule has 30 heavy (non-hydrogen) atoms. The van der Waals surface area contributed by atoms with Crippen LogP contribution in [0, 0.1) is 0 Å².